The first-order chi connectivity index (χ1) is 10.5. The highest BCUT2D eigenvalue weighted by Crippen LogP contribution is 2.25. The molecule has 3 nitrogen and oxygen atoms in total. The van der Waals surface area contributed by atoms with Crippen molar-refractivity contribution in [1.82, 2.24) is 0 Å². The van der Waals surface area contributed by atoms with Crippen molar-refractivity contribution in [2.24, 2.45) is 17.6 Å². The van der Waals surface area contributed by atoms with Crippen LogP contribution in [0.1, 0.15) is 57.9 Å². The highest BCUT2D eigenvalue weighted by molar-refractivity contribution is 5.92. The van der Waals surface area contributed by atoms with E-state index in [0.29, 0.717) is 5.92 Å². The summed E-state index contributed by atoms with van der Waals surface area (Å²) in [5.74, 6) is 1.01. The fourth-order valence-corrected chi connectivity index (χ4v) is 3.32. The second-order valence-electron chi connectivity index (χ2n) is 7.11. The Hall–Kier alpha value is -1.35. The van der Waals surface area contributed by atoms with Gasteiger partial charge in [0, 0.05) is 17.6 Å². The van der Waals surface area contributed by atoms with Crippen molar-refractivity contribution in [3.05, 3.63) is 29.8 Å². The van der Waals surface area contributed by atoms with E-state index in [-0.39, 0.29) is 17.9 Å². The molecule has 1 aliphatic carbocycles. The number of amides is 1. The van der Waals surface area contributed by atoms with E-state index in [2.05, 4.69) is 31.3 Å². The number of carbonyl (C=O) groups is 1. The molecule has 1 amide bonds. The second kappa shape index (κ2) is 8.33. The van der Waals surface area contributed by atoms with Crippen LogP contribution in [0, 0.1) is 11.8 Å². The Kier molecular flexibility index (Phi) is 6.44. The van der Waals surface area contributed by atoms with E-state index in [4.69, 9.17) is 5.73 Å². The molecule has 3 heteroatoms. The van der Waals surface area contributed by atoms with Gasteiger partial charge in [-0.05, 0) is 49.3 Å². The largest absolute Gasteiger partial charge is 0.327 e. The van der Waals surface area contributed by atoms with Gasteiger partial charge in [-0.3, -0.25) is 4.79 Å². The lowest BCUT2D eigenvalue weighted by atomic mass is 9.88. The maximum Gasteiger partial charge on any atom is 0.227 e. The fraction of sp³-hybridized carbons (Fsp3) is 0.632. The molecule has 0 heterocycles. The summed E-state index contributed by atoms with van der Waals surface area (Å²) in [7, 11) is 0. The average Bonchev–Trinajstić information content (AvgIpc) is 2.49. The smallest absolute Gasteiger partial charge is 0.227 e. The van der Waals surface area contributed by atoms with Crippen LogP contribution in [0.15, 0.2) is 24.3 Å². The Morgan fingerprint density at radius 2 is 1.82 bits per heavy atom. The third-order valence-corrected chi connectivity index (χ3v) is 4.47. The van der Waals surface area contributed by atoms with Crippen LogP contribution < -0.4 is 11.1 Å². The number of benzene rings is 1. The summed E-state index contributed by atoms with van der Waals surface area (Å²) in [6.07, 6.45) is 7.65. The number of rotatable bonds is 6. The highest BCUT2D eigenvalue weighted by atomic mass is 16.1. The van der Waals surface area contributed by atoms with Gasteiger partial charge >= 0.3 is 0 Å². The first-order valence-corrected chi connectivity index (χ1v) is 8.70. The number of hydrogen-bond donors (Lipinski definition) is 2. The summed E-state index contributed by atoms with van der Waals surface area (Å²) in [6, 6.07) is 8.37. The Labute approximate surface area is 134 Å². The van der Waals surface area contributed by atoms with E-state index in [0.717, 1.165) is 31.4 Å². The van der Waals surface area contributed by atoms with Gasteiger partial charge in [0.05, 0.1) is 0 Å². The number of hydrogen-bond acceptors (Lipinski definition) is 2. The number of nitrogens with two attached hydrogens (primary N) is 1. The van der Waals surface area contributed by atoms with Gasteiger partial charge < -0.3 is 11.1 Å². The molecule has 1 unspecified atom stereocenters. The molecule has 1 fully saturated rings. The highest BCUT2D eigenvalue weighted by Gasteiger charge is 2.20. The fourth-order valence-electron chi connectivity index (χ4n) is 3.32. The minimum atomic E-state index is 0.184. The Morgan fingerprint density at radius 3 is 2.41 bits per heavy atom. The lowest BCUT2D eigenvalue weighted by Gasteiger charge is -2.20. The minimum Gasteiger partial charge on any atom is -0.327 e. The van der Waals surface area contributed by atoms with Crippen LogP contribution in [-0.2, 0) is 11.2 Å². The first-order valence-electron chi connectivity index (χ1n) is 8.70. The molecule has 0 bridgehead atoms. The van der Waals surface area contributed by atoms with Gasteiger partial charge in [-0.25, -0.2) is 0 Å². The molecule has 1 aromatic rings. The van der Waals surface area contributed by atoms with Gasteiger partial charge in [-0.1, -0.05) is 45.2 Å². The maximum atomic E-state index is 12.2. The van der Waals surface area contributed by atoms with E-state index in [1.807, 2.05) is 12.1 Å². The van der Waals surface area contributed by atoms with E-state index >= 15 is 0 Å². The van der Waals surface area contributed by atoms with E-state index in [1.165, 1.54) is 24.8 Å². The third kappa shape index (κ3) is 5.45. The van der Waals surface area contributed by atoms with Gasteiger partial charge in [0.1, 0.15) is 0 Å². The third-order valence-electron chi connectivity index (χ3n) is 4.47. The molecular weight excluding hydrogens is 272 g/mol. The topological polar surface area (TPSA) is 55.1 Å². The number of carbonyl (C=O) groups excluding carboxylic acids is 1. The molecule has 3 N–H and O–H groups in total. The Bertz CT molecular complexity index is 461. The average molecular weight is 302 g/mol. The van der Waals surface area contributed by atoms with Crippen molar-refractivity contribution in [2.45, 2.75) is 64.8 Å². The van der Waals surface area contributed by atoms with Crippen LogP contribution in [0.5, 0.6) is 0 Å². The van der Waals surface area contributed by atoms with Gasteiger partial charge in [0.15, 0.2) is 0 Å². The van der Waals surface area contributed by atoms with Crippen LogP contribution in [0.3, 0.4) is 0 Å². The van der Waals surface area contributed by atoms with Crippen LogP contribution in [0.25, 0.3) is 0 Å². The molecular formula is C19H30N2O. The van der Waals surface area contributed by atoms with Crippen molar-refractivity contribution < 1.29 is 4.79 Å². The van der Waals surface area contributed by atoms with Gasteiger partial charge in [-0.15, -0.1) is 0 Å². The summed E-state index contributed by atoms with van der Waals surface area (Å²) >= 11 is 0. The molecule has 1 aliphatic rings. The lowest BCUT2D eigenvalue weighted by molar-refractivity contribution is -0.120. The van der Waals surface area contributed by atoms with Crippen molar-refractivity contribution in [3.8, 4) is 0 Å². The molecule has 0 aliphatic heterocycles. The summed E-state index contributed by atoms with van der Waals surface area (Å²) in [4.78, 5) is 12.2. The summed E-state index contributed by atoms with van der Waals surface area (Å²) in [6.45, 7) is 4.40. The molecule has 0 spiro atoms. The zero-order valence-electron chi connectivity index (χ0n) is 14.0. The molecule has 1 saturated carbocycles. The zero-order valence-corrected chi connectivity index (χ0v) is 14.0. The van der Waals surface area contributed by atoms with Crippen molar-refractivity contribution in [2.75, 3.05) is 5.32 Å². The molecule has 0 aromatic heterocycles. The monoisotopic (exact) mass is 302 g/mol. The number of anilines is 1. The molecule has 0 saturated heterocycles. The predicted octanol–water partition coefficient (Wildman–Crippen LogP) is 4.12. The zero-order chi connectivity index (χ0) is 15.9. The first kappa shape index (κ1) is 17.0. The van der Waals surface area contributed by atoms with Crippen LogP contribution in [-0.4, -0.2) is 11.9 Å². The molecule has 122 valence electrons. The summed E-state index contributed by atoms with van der Waals surface area (Å²) in [5, 5.41) is 3.05. The van der Waals surface area contributed by atoms with Crippen LogP contribution in [0.2, 0.25) is 0 Å². The van der Waals surface area contributed by atoms with E-state index < -0.39 is 0 Å². The molecule has 1 aromatic carbocycles. The van der Waals surface area contributed by atoms with Gasteiger partial charge in [0.25, 0.3) is 0 Å². The summed E-state index contributed by atoms with van der Waals surface area (Å²) in [5.41, 5.74) is 8.29. The van der Waals surface area contributed by atoms with Gasteiger partial charge in [-0.2, -0.15) is 0 Å². The van der Waals surface area contributed by atoms with E-state index in [9.17, 15) is 4.79 Å². The second-order valence-corrected chi connectivity index (χ2v) is 7.11. The van der Waals surface area contributed by atoms with Gasteiger partial charge in [0.2, 0.25) is 5.91 Å². The van der Waals surface area contributed by atoms with Crippen LogP contribution >= 0.6 is 0 Å². The molecule has 2 rings (SSSR count). The lowest BCUT2D eigenvalue weighted by Crippen LogP contribution is -2.25. The molecule has 0 radical (unpaired) electrons. The summed E-state index contributed by atoms with van der Waals surface area (Å²) < 4.78 is 0. The Morgan fingerprint density at radius 1 is 1.18 bits per heavy atom. The quantitative estimate of drug-likeness (QED) is 0.830. The van der Waals surface area contributed by atoms with Crippen molar-refractivity contribution in [1.29, 1.82) is 0 Å². The van der Waals surface area contributed by atoms with Crippen molar-refractivity contribution >= 4 is 11.6 Å². The van der Waals surface area contributed by atoms with Crippen LogP contribution in [0.4, 0.5) is 5.69 Å². The SMILES string of the molecule is CC(C)CC(N)Cc1ccc(NC(=O)C2CCCCC2)cc1. The maximum absolute atomic E-state index is 12.2. The molecule has 1 atom stereocenters. The normalized spacial score (nSPS) is 17.5. The standard InChI is InChI=1S/C19H30N2O/c1-14(2)12-17(20)13-15-8-10-18(11-9-15)21-19(22)16-6-4-3-5-7-16/h8-11,14,16-17H,3-7,12-13,20H2,1-2H3,(H,21,22). The molecule has 22 heavy (non-hydrogen) atoms. The van der Waals surface area contributed by atoms with Crippen molar-refractivity contribution in [3.63, 3.8) is 0 Å². The minimum absolute atomic E-state index is 0.184. The van der Waals surface area contributed by atoms with E-state index in [1.54, 1.807) is 0 Å². The number of nitrogens with one attached hydrogen (secondary N) is 1. The Balaban J connectivity index is 1.84. The predicted molar refractivity (Wildman–Crippen MR) is 92.8 cm³/mol.